The van der Waals surface area contributed by atoms with Crippen LogP contribution in [0.3, 0.4) is 0 Å². The third kappa shape index (κ3) is 5.88. The minimum atomic E-state index is -1.11. The lowest BCUT2D eigenvalue weighted by molar-refractivity contribution is -0.176. The van der Waals surface area contributed by atoms with E-state index in [4.69, 9.17) is 17.2 Å². The van der Waals surface area contributed by atoms with E-state index in [1.54, 1.807) is 30.3 Å². The molecule has 0 saturated carbocycles. The first kappa shape index (κ1) is 25.9. The fraction of sp³-hybridized carbons (Fsp3) is 0.375. The van der Waals surface area contributed by atoms with Gasteiger partial charge in [0.15, 0.2) is 5.78 Å². The molecule has 0 unspecified atom stereocenters. The van der Waals surface area contributed by atoms with Crippen molar-refractivity contribution in [3.05, 3.63) is 65.5 Å². The van der Waals surface area contributed by atoms with Gasteiger partial charge in [0, 0.05) is 24.7 Å². The number of hydrogen-bond donors (Lipinski definition) is 4. The molecule has 1 aromatic carbocycles. The van der Waals surface area contributed by atoms with Gasteiger partial charge in [-0.2, -0.15) is 0 Å². The summed E-state index contributed by atoms with van der Waals surface area (Å²) in [6, 6.07) is 8.46. The number of pyridine rings is 1. The summed E-state index contributed by atoms with van der Waals surface area (Å²) in [7, 11) is 0. The highest BCUT2D eigenvalue weighted by atomic mass is 16.5. The van der Waals surface area contributed by atoms with Gasteiger partial charge >= 0.3 is 0 Å². The Morgan fingerprint density at radius 3 is 2.49 bits per heavy atom. The molecule has 7 N–H and O–H groups in total. The Kier molecular flexibility index (Phi) is 8.63. The Labute approximate surface area is 202 Å². The van der Waals surface area contributed by atoms with E-state index in [0.29, 0.717) is 36.4 Å². The van der Waals surface area contributed by atoms with E-state index >= 15 is 0 Å². The van der Waals surface area contributed by atoms with Gasteiger partial charge in [0.2, 0.25) is 5.91 Å². The fourth-order valence-electron chi connectivity index (χ4n) is 4.11. The van der Waals surface area contributed by atoms with Crippen molar-refractivity contribution in [2.24, 2.45) is 17.2 Å². The lowest BCUT2D eigenvalue weighted by atomic mass is 10.0. The first-order valence-electron chi connectivity index (χ1n) is 11.4. The largest absolute Gasteiger partial charge is 0.368 e. The minimum absolute atomic E-state index is 0.0641. The normalized spacial score (nSPS) is 18.2. The average Bonchev–Trinajstić information content (AvgIpc) is 3.33. The topological polar surface area (TPSA) is 186 Å². The van der Waals surface area contributed by atoms with E-state index in [1.807, 2.05) is 0 Å². The van der Waals surface area contributed by atoms with Crippen LogP contribution >= 0.6 is 0 Å². The molecule has 3 rings (SSSR count). The number of ketones is 1. The predicted octanol–water partition coefficient (Wildman–Crippen LogP) is 0.0551. The van der Waals surface area contributed by atoms with E-state index in [-0.39, 0.29) is 24.2 Å². The van der Waals surface area contributed by atoms with Crippen LogP contribution in [0.5, 0.6) is 0 Å². The molecule has 11 nitrogen and oxygen atoms in total. The molecule has 2 heterocycles. The molecule has 3 amide bonds. The lowest BCUT2D eigenvalue weighted by Crippen LogP contribution is -2.48. The molecule has 0 radical (unpaired) electrons. The Morgan fingerprint density at radius 2 is 1.83 bits per heavy atom. The second-order valence-corrected chi connectivity index (χ2v) is 8.43. The van der Waals surface area contributed by atoms with Crippen LogP contribution in [-0.4, -0.2) is 74.9 Å². The van der Waals surface area contributed by atoms with Gasteiger partial charge in [0.05, 0.1) is 17.6 Å². The average molecular weight is 483 g/mol. The van der Waals surface area contributed by atoms with Gasteiger partial charge in [-0.05, 0) is 31.5 Å². The summed E-state index contributed by atoms with van der Waals surface area (Å²) in [6.45, 7) is 0.283. The van der Waals surface area contributed by atoms with Crippen LogP contribution in [0, 0.1) is 0 Å². The highest BCUT2D eigenvalue weighted by Gasteiger charge is 2.44. The van der Waals surface area contributed by atoms with Gasteiger partial charge in [-0.3, -0.25) is 29.4 Å². The number of likely N-dealkylation sites (tertiary alicyclic amines) is 1. The van der Waals surface area contributed by atoms with Crippen LogP contribution < -0.4 is 17.2 Å². The van der Waals surface area contributed by atoms with Crippen molar-refractivity contribution in [3.63, 3.8) is 0 Å². The monoisotopic (exact) mass is 482 g/mol. The van der Waals surface area contributed by atoms with E-state index in [2.05, 4.69) is 4.98 Å². The van der Waals surface area contributed by atoms with Crippen LogP contribution in [-0.2, 0) is 9.59 Å². The summed E-state index contributed by atoms with van der Waals surface area (Å²) in [5.41, 5.74) is 17.2. The maximum absolute atomic E-state index is 13.4. The Bertz CT molecular complexity index is 1080. The first-order valence-corrected chi connectivity index (χ1v) is 11.4. The summed E-state index contributed by atoms with van der Waals surface area (Å²) < 4.78 is 0. The van der Waals surface area contributed by atoms with Crippen LogP contribution in [0.15, 0.2) is 48.7 Å². The Morgan fingerprint density at radius 1 is 1.11 bits per heavy atom. The number of carbonyl (C=O) groups is 4. The molecule has 3 atom stereocenters. The van der Waals surface area contributed by atoms with Crippen molar-refractivity contribution < 1.29 is 24.4 Å². The smallest absolute Gasteiger partial charge is 0.273 e. The van der Waals surface area contributed by atoms with Gasteiger partial charge in [-0.1, -0.05) is 36.8 Å². The molecule has 11 heteroatoms. The van der Waals surface area contributed by atoms with E-state index in [0.717, 1.165) is 4.90 Å². The number of primary amides is 1. The van der Waals surface area contributed by atoms with Crippen molar-refractivity contribution in [1.29, 1.82) is 0 Å². The summed E-state index contributed by atoms with van der Waals surface area (Å²) in [5.74, 6) is -2.64. The van der Waals surface area contributed by atoms with Gasteiger partial charge in [-0.15, -0.1) is 0 Å². The molecule has 0 aliphatic carbocycles. The Balaban J connectivity index is 1.82. The molecule has 0 spiro atoms. The summed E-state index contributed by atoms with van der Waals surface area (Å²) >= 11 is 0. The molecule has 1 fully saturated rings. The van der Waals surface area contributed by atoms with Crippen LogP contribution in [0.1, 0.15) is 52.1 Å². The minimum Gasteiger partial charge on any atom is -0.368 e. The van der Waals surface area contributed by atoms with Crippen molar-refractivity contribution in [1.82, 2.24) is 14.9 Å². The number of carbonyl (C=O) groups excluding carboxylic acids is 4. The van der Waals surface area contributed by atoms with Crippen LogP contribution in [0.25, 0.3) is 0 Å². The quantitative estimate of drug-likeness (QED) is 0.158. The number of benzene rings is 1. The van der Waals surface area contributed by atoms with Crippen molar-refractivity contribution in [2.75, 3.05) is 13.1 Å². The van der Waals surface area contributed by atoms with E-state index in [1.165, 1.54) is 18.3 Å². The summed E-state index contributed by atoms with van der Waals surface area (Å²) in [6.07, 6.45) is 2.93. The highest BCUT2D eigenvalue weighted by Crippen LogP contribution is 2.25. The number of amides is 3. The standard InChI is InChI=1S/C24H30N6O5/c25-11-5-4-10-18(26)23(33)30(35)16-13-19(22(27)32)29(14-16)24(34)20-17(9-6-12-28-20)21(31)15-7-2-1-3-8-15/h1-3,6-9,12,16,18-19,35H,4-5,10-11,13-14,25-26H2,(H2,27,32)/t16-,18-,19-/m0/s1. The van der Waals surface area contributed by atoms with Crippen molar-refractivity contribution in [2.45, 2.75) is 43.8 Å². The molecule has 0 bridgehead atoms. The lowest BCUT2D eigenvalue weighted by Gasteiger charge is -2.25. The molecule has 2 aromatic rings. The molecule has 1 saturated heterocycles. The van der Waals surface area contributed by atoms with Gasteiger partial charge in [-0.25, -0.2) is 5.06 Å². The Hall–Kier alpha value is -3.67. The van der Waals surface area contributed by atoms with Crippen molar-refractivity contribution in [3.8, 4) is 0 Å². The predicted molar refractivity (Wildman–Crippen MR) is 126 cm³/mol. The number of rotatable bonds is 10. The third-order valence-corrected chi connectivity index (χ3v) is 6.02. The zero-order valence-corrected chi connectivity index (χ0v) is 19.2. The van der Waals surface area contributed by atoms with E-state index in [9.17, 15) is 24.4 Å². The molecule has 35 heavy (non-hydrogen) atoms. The SMILES string of the molecule is NCCCC[C@H](N)C(=O)N(O)[C@H]1C[C@@H](C(N)=O)N(C(=O)c2ncccc2C(=O)c2ccccc2)C1. The van der Waals surface area contributed by atoms with Gasteiger partial charge < -0.3 is 22.1 Å². The molecule has 1 aliphatic heterocycles. The zero-order chi connectivity index (χ0) is 25.5. The molecule has 186 valence electrons. The second kappa shape index (κ2) is 11.6. The number of hydroxylamine groups is 2. The third-order valence-electron chi connectivity index (χ3n) is 6.02. The van der Waals surface area contributed by atoms with Crippen LogP contribution in [0.2, 0.25) is 0 Å². The highest BCUT2D eigenvalue weighted by molar-refractivity contribution is 6.14. The molecule has 1 aromatic heterocycles. The number of unbranched alkanes of at least 4 members (excludes halogenated alkanes) is 1. The molecular weight excluding hydrogens is 452 g/mol. The molecule has 1 aliphatic rings. The zero-order valence-electron chi connectivity index (χ0n) is 19.2. The second-order valence-electron chi connectivity index (χ2n) is 8.43. The molecular formula is C24H30N6O5. The summed E-state index contributed by atoms with van der Waals surface area (Å²) in [4.78, 5) is 56.5. The van der Waals surface area contributed by atoms with Crippen LogP contribution in [0.4, 0.5) is 0 Å². The maximum atomic E-state index is 13.4. The van der Waals surface area contributed by atoms with Gasteiger partial charge in [0.1, 0.15) is 11.7 Å². The fourth-order valence-corrected chi connectivity index (χ4v) is 4.11. The first-order chi connectivity index (χ1) is 16.8. The number of hydrogen-bond acceptors (Lipinski definition) is 8. The number of nitrogens with zero attached hydrogens (tertiary/aromatic N) is 3. The number of aromatic nitrogens is 1. The number of nitrogens with two attached hydrogens (primary N) is 3. The van der Waals surface area contributed by atoms with Crippen molar-refractivity contribution >= 4 is 23.5 Å². The maximum Gasteiger partial charge on any atom is 0.273 e. The summed E-state index contributed by atoms with van der Waals surface area (Å²) in [5, 5.41) is 11.0. The van der Waals surface area contributed by atoms with Gasteiger partial charge in [0.25, 0.3) is 11.8 Å². The van der Waals surface area contributed by atoms with E-state index < -0.39 is 41.6 Å².